The highest BCUT2D eigenvalue weighted by molar-refractivity contribution is 6.30. The summed E-state index contributed by atoms with van der Waals surface area (Å²) in [5.41, 5.74) is 6.13. The van der Waals surface area contributed by atoms with Crippen molar-refractivity contribution in [2.75, 3.05) is 37.1 Å². The Kier molecular flexibility index (Phi) is 18.7. The number of anilines is 2. The first-order valence-corrected chi connectivity index (χ1v) is 20.6. The van der Waals surface area contributed by atoms with Crippen molar-refractivity contribution in [3.63, 3.8) is 0 Å². The van der Waals surface area contributed by atoms with E-state index in [0.29, 0.717) is 40.7 Å². The third kappa shape index (κ3) is 13.2. The second kappa shape index (κ2) is 23.3. The molecule has 16 heteroatoms. The molecule has 0 bridgehead atoms. The molecular weight excluding hydrogens is 803 g/mol. The third-order valence-electron chi connectivity index (χ3n) is 10.7. The lowest BCUT2D eigenvalue weighted by atomic mass is 10.1. The van der Waals surface area contributed by atoms with Crippen LogP contribution in [-0.4, -0.2) is 75.5 Å². The minimum Gasteiger partial charge on any atom is -0.381 e. The molecule has 14 nitrogen and oxygen atoms in total. The molecule has 0 spiro atoms. The first-order valence-electron chi connectivity index (χ1n) is 19.9. The standard InChI is InChI=1S/C21H26ClN5O2.C12H18N4O.C9H8ClNO.2CH4/c1-13(15-4-3-5-16(22)10-15)24-21(28)27-12-19-18(14(27)2)11-23-20(26-19)25-17-6-8-29-9-7-17;1-8-10-6-14-12(16-11(10)7-13-8)15-9-2-4-17-5-3-9;1-7(11-6-12)8-3-2-4-9(10)5-8;;/h3-5,10-11,13-14,17H,6-9,12H2,1-2H3,(H,24,28)(H,23,25,26);6,8-9,13H,2-5,7H2,1H3,(H,14,15,16);2-5,7H,1H3;2*1H4/t13-,14?;;7-;;/m1.1../s1. The van der Waals surface area contributed by atoms with Gasteiger partial charge in [-0.15, -0.1) is 0 Å². The van der Waals surface area contributed by atoms with Gasteiger partial charge in [0.25, 0.3) is 0 Å². The van der Waals surface area contributed by atoms with E-state index in [1.807, 2.05) is 69.6 Å². The number of carbonyl (C=O) groups is 1. The van der Waals surface area contributed by atoms with Crippen LogP contribution in [0.3, 0.4) is 0 Å². The van der Waals surface area contributed by atoms with E-state index in [0.717, 1.165) is 92.7 Å². The molecule has 2 aromatic carbocycles. The zero-order chi connectivity index (χ0) is 41.0. The maximum absolute atomic E-state index is 12.9. The smallest absolute Gasteiger partial charge is 0.318 e. The van der Waals surface area contributed by atoms with E-state index < -0.39 is 0 Å². The Morgan fingerprint density at radius 1 is 0.833 bits per heavy atom. The Hall–Kier alpha value is -4.69. The Morgan fingerprint density at radius 2 is 1.37 bits per heavy atom. The number of halogens is 2. The molecule has 4 aromatic rings. The van der Waals surface area contributed by atoms with Crippen LogP contribution in [0, 0.1) is 0 Å². The number of benzene rings is 2. The van der Waals surface area contributed by atoms with Gasteiger partial charge in [0.1, 0.15) is 0 Å². The molecule has 2 unspecified atom stereocenters. The highest BCUT2D eigenvalue weighted by Crippen LogP contribution is 2.33. The van der Waals surface area contributed by atoms with Crippen LogP contribution in [0.1, 0.15) is 126 Å². The van der Waals surface area contributed by atoms with Crippen molar-refractivity contribution in [3.8, 4) is 0 Å². The number of fused-ring (bicyclic) bond motifs is 2. The normalized spacial score (nSPS) is 19.1. The van der Waals surface area contributed by atoms with Crippen LogP contribution < -0.4 is 21.3 Å². The van der Waals surface area contributed by atoms with E-state index in [1.54, 1.807) is 17.0 Å². The summed E-state index contributed by atoms with van der Waals surface area (Å²) < 4.78 is 10.7. The lowest BCUT2D eigenvalue weighted by Gasteiger charge is -2.24. The molecule has 0 aliphatic carbocycles. The summed E-state index contributed by atoms with van der Waals surface area (Å²) in [6.45, 7) is 12.4. The van der Waals surface area contributed by atoms with Gasteiger partial charge in [0.05, 0.1) is 36.1 Å². The number of aliphatic imine (C=N–C) groups is 1. The molecule has 324 valence electrons. The Bertz CT molecular complexity index is 2040. The van der Waals surface area contributed by atoms with Crippen LogP contribution >= 0.6 is 23.2 Å². The summed E-state index contributed by atoms with van der Waals surface area (Å²) in [5.74, 6) is 1.38. The summed E-state index contributed by atoms with van der Waals surface area (Å²) in [5, 5.41) is 14.5. The molecular formula is C44H60Cl2N10O4. The van der Waals surface area contributed by atoms with Crippen molar-refractivity contribution in [2.24, 2.45) is 4.99 Å². The molecule has 4 N–H and O–H groups in total. The molecule has 0 saturated carbocycles. The van der Waals surface area contributed by atoms with Gasteiger partial charge in [-0.1, -0.05) is 62.3 Å². The largest absolute Gasteiger partial charge is 0.381 e. The van der Waals surface area contributed by atoms with Gasteiger partial charge < -0.3 is 35.6 Å². The number of carbonyl (C=O) groups excluding carboxylic acids is 2. The summed E-state index contributed by atoms with van der Waals surface area (Å²) in [4.78, 5) is 46.3. The number of hydrogen-bond acceptors (Lipinski definition) is 12. The first-order chi connectivity index (χ1) is 28.1. The number of nitrogens with one attached hydrogen (secondary N) is 4. The molecule has 4 aliphatic heterocycles. The highest BCUT2D eigenvalue weighted by atomic mass is 35.5. The summed E-state index contributed by atoms with van der Waals surface area (Å²) in [6, 6.07) is 15.5. The van der Waals surface area contributed by atoms with E-state index in [-0.39, 0.29) is 39.0 Å². The number of nitrogens with zero attached hydrogens (tertiary/aromatic N) is 6. The lowest BCUT2D eigenvalue weighted by Crippen LogP contribution is -2.39. The van der Waals surface area contributed by atoms with Crippen LogP contribution in [0.4, 0.5) is 16.7 Å². The number of amides is 2. The van der Waals surface area contributed by atoms with Crippen LogP contribution in [0.25, 0.3) is 0 Å². The van der Waals surface area contributed by atoms with Gasteiger partial charge in [0.2, 0.25) is 18.0 Å². The van der Waals surface area contributed by atoms with Gasteiger partial charge in [0.15, 0.2) is 0 Å². The fraction of sp³-hybridized carbons (Fsp3) is 0.500. The van der Waals surface area contributed by atoms with E-state index in [4.69, 9.17) is 32.7 Å². The zero-order valence-electron chi connectivity index (χ0n) is 33.4. The predicted molar refractivity (Wildman–Crippen MR) is 238 cm³/mol. The number of ether oxygens (including phenoxy) is 2. The molecule has 2 saturated heterocycles. The molecule has 2 fully saturated rings. The molecule has 0 radical (unpaired) electrons. The zero-order valence-corrected chi connectivity index (χ0v) is 34.9. The van der Waals surface area contributed by atoms with Crippen molar-refractivity contribution in [1.82, 2.24) is 35.5 Å². The van der Waals surface area contributed by atoms with Gasteiger partial charge >= 0.3 is 6.03 Å². The van der Waals surface area contributed by atoms with Crippen LogP contribution in [0.15, 0.2) is 65.9 Å². The average Bonchev–Trinajstić information content (AvgIpc) is 3.77. The topological polar surface area (TPSA) is 168 Å². The molecule has 4 aliphatic rings. The van der Waals surface area contributed by atoms with E-state index in [2.05, 4.69) is 53.1 Å². The number of aromatic nitrogens is 4. The molecule has 2 amide bonds. The second-order valence-electron chi connectivity index (χ2n) is 14.8. The molecule has 6 heterocycles. The molecule has 4 atom stereocenters. The minimum atomic E-state index is -0.166. The van der Waals surface area contributed by atoms with Crippen LogP contribution in [-0.2, 0) is 27.4 Å². The van der Waals surface area contributed by atoms with Crippen molar-refractivity contribution in [2.45, 2.75) is 118 Å². The maximum Gasteiger partial charge on any atom is 0.318 e. The van der Waals surface area contributed by atoms with E-state index in [1.165, 1.54) is 11.6 Å². The number of urea groups is 1. The SMILES string of the molecule is C.C.CC1NCc2nc(NC3CCOCC3)ncc21.CC1c2cnc(NC3CCOCC3)nc2CN1C(=O)N[C@H](C)c1cccc(Cl)c1.C[C@@H](N=C=O)c1cccc(Cl)c1. The number of isocyanates is 1. The van der Waals surface area contributed by atoms with Gasteiger partial charge in [0, 0.05) is 84.7 Å². The van der Waals surface area contributed by atoms with Crippen molar-refractivity contribution in [3.05, 3.63) is 105 Å². The molecule has 2 aromatic heterocycles. The number of hydrogen-bond donors (Lipinski definition) is 4. The Balaban J connectivity index is 0.000000217. The van der Waals surface area contributed by atoms with Gasteiger partial charge in [-0.3, -0.25) is 0 Å². The summed E-state index contributed by atoms with van der Waals surface area (Å²) >= 11 is 11.8. The Morgan fingerprint density at radius 3 is 1.93 bits per heavy atom. The van der Waals surface area contributed by atoms with E-state index >= 15 is 0 Å². The van der Waals surface area contributed by atoms with Gasteiger partial charge in [-0.2, -0.15) is 4.99 Å². The lowest BCUT2D eigenvalue weighted by molar-refractivity contribution is 0.0902. The van der Waals surface area contributed by atoms with Crippen LogP contribution in [0.2, 0.25) is 10.0 Å². The average molecular weight is 864 g/mol. The predicted octanol–water partition coefficient (Wildman–Crippen LogP) is 9.31. The monoisotopic (exact) mass is 862 g/mol. The number of rotatable bonds is 8. The van der Waals surface area contributed by atoms with E-state index in [9.17, 15) is 9.59 Å². The first kappa shape index (κ1) is 48.0. The van der Waals surface area contributed by atoms with Crippen molar-refractivity contribution < 1.29 is 19.1 Å². The molecule has 60 heavy (non-hydrogen) atoms. The van der Waals surface area contributed by atoms with Crippen molar-refractivity contribution >= 4 is 47.2 Å². The summed E-state index contributed by atoms with van der Waals surface area (Å²) in [6.07, 6.45) is 9.27. The van der Waals surface area contributed by atoms with Gasteiger partial charge in [-0.25, -0.2) is 29.5 Å². The third-order valence-corrected chi connectivity index (χ3v) is 11.2. The van der Waals surface area contributed by atoms with Crippen molar-refractivity contribution in [1.29, 1.82) is 0 Å². The quantitative estimate of drug-likeness (QED) is 0.0985. The maximum atomic E-state index is 12.9. The molecule has 8 rings (SSSR count). The fourth-order valence-electron chi connectivity index (χ4n) is 7.14. The highest BCUT2D eigenvalue weighted by Gasteiger charge is 2.33. The van der Waals surface area contributed by atoms with Crippen LogP contribution in [0.5, 0.6) is 0 Å². The fourth-order valence-corrected chi connectivity index (χ4v) is 7.54. The van der Waals surface area contributed by atoms with Gasteiger partial charge in [-0.05, 0) is 88.8 Å². The summed E-state index contributed by atoms with van der Waals surface area (Å²) in [7, 11) is 0. The minimum absolute atomic E-state index is 0. The second-order valence-corrected chi connectivity index (χ2v) is 15.7. The Labute approximate surface area is 364 Å².